The van der Waals surface area contributed by atoms with Crippen molar-refractivity contribution in [3.63, 3.8) is 0 Å². The van der Waals surface area contributed by atoms with Crippen LogP contribution in [-0.4, -0.2) is 51.3 Å². The lowest BCUT2D eigenvalue weighted by Crippen LogP contribution is -2.56. The standard InChI is InChI=1S/C15H24N2O4/c1-15(13(19)20)6-2-3-12(15)16-14(21)17-9-4-5-10(17)8-11(18)7-9/h9-12,18H,2-8H2,1H3,(H,16,21)(H,19,20). The highest BCUT2D eigenvalue weighted by Crippen LogP contribution is 2.40. The van der Waals surface area contributed by atoms with Crippen LogP contribution >= 0.6 is 0 Å². The van der Waals surface area contributed by atoms with Gasteiger partial charge in [-0.3, -0.25) is 4.79 Å². The maximum Gasteiger partial charge on any atom is 0.318 e. The summed E-state index contributed by atoms with van der Waals surface area (Å²) in [6.45, 7) is 1.72. The number of aliphatic hydroxyl groups is 1. The quantitative estimate of drug-likeness (QED) is 0.717. The average molecular weight is 296 g/mol. The van der Waals surface area contributed by atoms with Gasteiger partial charge in [0.2, 0.25) is 0 Å². The fourth-order valence-electron chi connectivity index (χ4n) is 4.36. The normalized spacial score (nSPS) is 42.1. The first-order valence-corrected chi connectivity index (χ1v) is 7.92. The summed E-state index contributed by atoms with van der Waals surface area (Å²) in [6.07, 6.45) is 5.03. The Morgan fingerprint density at radius 3 is 2.38 bits per heavy atom. The van der Waals surface area contributed by atoms with Gasteiger partial charge in [-0.25, -0.2) is 4.79 Å². The van der Waals surface area contributed by atoms with Gasteiger partial charge in [0.1, 0.15) is 0 Å². The van der Waals surface area contributed by atoms with Crippen molar-refractivity contribution in [3.8, 4) is 0 Å². The van der Waals surface area contributed by atoms with Crippen molar-refractivity contribution in [2.75, 3.05) is 0 Å². The van der Waals surface area contributed by atoms with Crippen LogP contribution in [0.4, 0.5) is 4.79 Å². The maximum absolute atomic E-state index is 12.6. The smallest absolute Gasteiger partial charge is 0.318 e. The van der Waals surface area contributed by atoms with Crippen molar-refractivity contribution >= 4 is 12.0 Å². The highest BCUT2D eigenvalue weighted by Gasteiger charge is 2.48. The summed E-state index contributed by atoms with van der Waals surface area (Å²) in [7, 11) is 0. The number of carbonyl (C=O) groups is 2. The number of nitrogens with zero attached hydrogens (tertiary/aromatic N) is 1. The van der Waals surface area contributed by atoms with E-state index < -0.39 is 11.4 Å². The number of aliphatic carboxylic acids is 1. The van der Waals surface area contributed by atoms with E-state index in [-0.39, 0.29) is 30.3 Å². The number of carboxylic acids is 1. The lowest BCUT2D eigenvalue weighted by molar-refractivity contribution is -0.148. The second-order valence-corrected chi connectivity index (χ2v) is 7.03. The molecular weight excluding hydrogens is 272 g/mol. The summed E-state index contributed by atoms with van der Waals surface area (Å²) in [5, 5.41) is 22.2. The monoisotopic (exact) mass is 296 g/mol. The average Bonchev–Trinajstić information content (AvgIpc) is 2.90. The minimum Gasteiger partial charge on any atom is -0.481 e. The van der Waals surface area contributed by atoms with Gasteiger partial charge in [-0.2, -0.15) is 0 Å². The Labute approximate surface area is 124 Å². The molecule has 6 heteroatoms. The lowest BCUT2D eigenvalue weighted by Gasteiger charge is -2.39. The van der Waals surface area contributed by atoms with E-state index in [1.54, 1.807) is 6.92 Å². The van der Waals surface area contributed by atoms with Crippen molar-refractivity contribution in [1.82, 2.24) is 10.2 Å². The zero-order valence-electron chi connectivity index (χ0n) is 12.4. The van der Waals surface area contributed by atoms with Gasteiger partial charge in [0.15, 0.2) is 0 Å². The van der Waals surface area contributed by atoms with Crippen molar-refractivity contribution in [2.45, 2.75) is 76.1 Å². The predicted molar refractivity (Wildman–Crippen MR) is 75.8 cm³/mol. The van der Waals surface area contributed by atoms with E-state index in [0.29, 0.717) is 19.3 Å². The molecule has 6 nitrogen and oxygen atoms in total. The first-order chi connectivity index (χ1) is 9.91. The van der Waals surface area contributed by atoms with Gasteiger partial charge >= 0.3 is 12.0 Å². The van der Waals surface area contributed by atoms with E-state index in [1.165, 1.54) is 0 Å². The number of carbonyl (C=O) groups excluding carboxylic acids is 1. The molecule has 0 aromatic carbocycles. The van der Waals surface area contributed by atoms with Crippen molar-refractivity contribution in [3.05, 3.63) is 0 Å². The Morgan fingerprint density at radius 2 is 1.81 bits per heavy atom. The molecule has 118 valence electrons. The number of carboxylic acid groups (broad SMARTS) is 1. The highest BCUT2D eigenvalue weighted by molar-refractivity contribution is 5.80. The molecule has 2 heterocycles. The Kier molecular flexibility index (Phi) is 3.59. The molecule has 0 aromatic heterocycles. The summed E-state index contributed by atoms with van der Waals surface area (Å²) >= 11 is 0. The minimum atomic E-state index is -0.857. The zero-order valence-corrected chi connectivity index (χ0v) is 12.4. The molecule has 2 bridgehead atoms. The number of rotatable bonds is 2. The molecule has 4 unspecified atom stereocenters. The molecular formula is C15H24N2O4. The summed E-state index contributed by atoms with van der Waals surface area (Å²) in [5.41, 5.74) is -0.857. The van der Waals surface area contributed by atoms with Gasteiger partial charge in [0.25, 0.3) is 0 Å². The fourth-order valence-corrected chi connectivity index (χ4v) is 4.36. The number of hydrogen-bond acceptors (Lipinski definition) is 3. The zero-order chi connectivity index (χ0) is 15.2. The van der Waals surface area contributed by atoms with Crippen molar-refractivity contribution in [1.29, 1.82) is 0 Å². The molecule has 1 saturated carbocycles. The van der Waals surface area contributed by atoms with E-state index in [2.05, 4.69) is 5.32 Å². The number of nitrogens with one attached hydrogen (secondary N) is 1. The minimum absolute atomic E-state index is 0.108. The molecule has 1 aliphatic carbocycles. The number of aliphatic hydroxyl groups excluding tert-OH is 1. The Morgan fingerprint density at radius 1 is 1.19 bits per heavy atom. The highest BCUT2D eigenvalue weighted by atomic mass is 16.4. The van der Waals surface area contributed by atoms with E-state index in [9.17, 15) is 19.8 Å². The lowest BCUT2D eigenvalue weighted by atomic mass is 9.85. The number of urea groups is 1. The summed E-state index contributed by atoms with van der Waals surface area (Å²) in [6, 6.07) is -0.227. The number of amides is 2. The molecule has 2 saturated heterocycles. The number of piperidine rings is 1. The van der Waals surface area contributed by atoms with Crippen LogP contribution in [0.3, 0.4) is 0 Å². The van der Waals surface area contributed by atoms with E-state index in [4.69, 9.17) is 0 Å². The van der Waals surface area contributed by atoms with E-state index in [0.717, 1.165) is 25.7 Å². The second kappa shape index (κ2) is 5.16. The fraction of sp³-hybridized carbons (Fsp3) is 0.867. The number of hydrogen-bond donors (Lipinski definition) is 3. The van der Waals surface area contributed by atoms with Crippen LogP contribution in [0, 0.1) is 5.41 Å². The van der Waals surface area contributed by atoms with Gasteiger partial charge in [0, 0.05) is 18.1 Å². The van der Waals surface area contributed by atoms with Crippen LogP contribution in [-0.2, 0) is 4.79 Å². The molecule has 4 atom stereocenters. The molecule has 0 spiro atoms. The van der Waals surface area contributed by atoms with Crippen molar-refractivity contribution < 1.29 is 19.8 Å². The van der Waals surface area contributed by atoms with E-state index >= 15 is 0 Å². The Bertz CT molecular complexity index is 441. The van der Waals surface area contributed by atoms with Gasteiger partial charge in [0.05, 0.1) is 11.5 Å². The predicted octanol–water partition coefficient (Wildman–Crippen LogP) is 1.33. The summed E-state index contributed by atoms with van der Waals surface area (Å²) < 4.78 is 0. The Hall–Kier alpha value is -1.30. The SMILES string of the molecule is CC1(C(=O)O)CCCC1NC(=O)N1C2CCC1CC(O)C2. The van der Waals surface area contributed by atoms with E-state index in [1.807, 2.05) is 4.90 Å². The van der Waals surface area contributed by atoms with Crippen LogP contribution < -0.4 is 5.32 Å². The first-order valence-electron chi connectivity index (χ1n) is 7.92. The van der Waals surface area contributed by atoms with Crippen LogP contribution in [0.5, 0.6) is 0 Å². The second-order valence-electron chi connectivity index (χ2n) is 7.03. The molecule has 2 aliphatic heterocycles. The maximum atomic E-state index is 12.6. The molecule has 2 amide bonds. The summed E-state index contributed by atoms with van der Waals surface area (Å²) in [4.78, 5) is 25.9. The molecule has 3 N–H and O–H groups in total. The van der Waals surface area contributed by atoms with Crippen LogP contribution in [0.25, 0.3) is 0 Å². The molecule has 21 heavy (non-hydrogen) atoms. The summed E-state index contributed by atoms with van der Waals surface area (Å²) in [5.74, 6) is -0.831. The van der Waals surface area contributed by atoms with Crippen molar-refractivity contribution in [2.24, 2.45) is 5.41 Å². The first kappa shape index (κ1) is 14.6. The largest absolute Gasteiger partial charge is 0.481 e. The van der Waals surface area contributed by atoms with Gasteiger partial charge < -0.3 is 20.4 Å². The molecule has 3 rings (SSSR count). The molecule has 0 radical (unpaired) electrons. The van der Waals surface area contributed by atoms with Crippen LogP contribution in [0.1, 0.15) is 51.9 Å². The van der Waals surface area contributed by atoms with Gasteiger partial charge in [-0.1, -0.05) is 6.42 Å². The topological polar surface area (TPSA) is 89.9 Å². The van der Waals surface area contributed by atoms with Gasteiger partial charge in [-0.15, -0.1) is 0 Å². The van der Waals surface area contributed by atoms with Gasteiger partial charge in [-0.05, 0) is 45.4 Å². The molecule has 0 aromatic rings. The van der Waals surface area contributed by atoms with Crippen LogP contribution in [0.2, 0.25) is 0 Å². The van der Waals surface area contributed by atoms with Crippen LogP contribution in [0.15, 0.2) is 0 Å². The third kappa shape index (κ3) is 2.39. The molecule has 3 aliphatic rings. The Balaban J connectivity index is 1.68. The third-order valence-corrected chi connectivity index (χ3v) is 5.69. The third-order valence-electron chi connectivity index (χ3n) is 5.69. The number of fused-ring (bicyclic) bond motifs is 2. The molecule has 3 fully saturated rings.